The van der Waals surface area contributed by atoms with Gasteiger partial charge in [-0.25, -0.2) is 18.4 Å². The van der Waals surface area contributed by atoms with Gasteiger partial charge in [0.15, 0.2) is 11.6 Å². The quantitative estimate of drug-likeness (QED) is 0.432. The van der Waals surface area contributed by atoms with Crippen molar-refractivity contribution in [2.75, 3.05) is 29.5 Å². The molecular formula is C21H23F3N6O2S. The van der Waals surface area contributed by atoms with Crippen molar-refractivity contribution < 1.29 is 21.6 Å². The molecule has 0 amide bonds. The molecule has 0 unspecified atom stereocenters. The van der Waals surface area contributed by atoms with E-state index in [-0.39, 0.29) is 22.2 Å². The molecular weight excluding hydrogens is 457 g/mol. The molecule has 0 aliphatic carbocycles. The number of nitrogens with zero attached hydrogens (tertiary/aromatic N) is 3. The second-order valence-electron chi connectivity index (χ2n) is 6.92. The van der Waals surface area contributed by atoms with Crippen LogP contribution in [0.1, 0.15) is 19.4 Å². The highest BCUT2D eigenvalue weighted by atomic mass is 32.2. The number of hydrogen-bond acceptors (Lipinski definition) is 7. The van der Waals surface area contributed by atoms with Crippen LogP contribution >= 0.6 is 0 Å². The molecule has 2 aromatic carbocycles. The van der Waals surface area contributed by atoms with Crippen molar-refractivity contribution in [2.45, 2.75) is 24.9 Å². The summed E-state index contributed by atoms with van der Waals surface area (Å²) < 4.78 is 64.8. The number of benzene rings is 2. The van der Waals surface area contributed by atoms with E-state index in [1.54, 1.807) is 26.0 Å². The molecule has 176 valence electrons. The number of nitrogen functional groups attached to an aromatic ring is 1. The van der Waals surface area contributed by atoms with Crippen molar-refractivity contribution in [3.63, 3.8) is 0 Å². The molecule has 0 aliphatic rings. The average Bonchev–Trinajstić information content (AvgIpc) is 2.77. The number of nitrogens with two attached hydrogens (primary N) is 1. The molecule has 0 radical (unpaired) electrons. The van der Waals surface area contributed by atoms with Crippen LogP contribution in [0.25, 0.3) is 0 Å². The van der Waals surface area contributed by atoms with Crippen LogP contribution < -0.4 is 16.4 Å². The number of nitrogens with one attached hydrogen (secondary N) is 2. The van der Waals surface area contributed by atoms with Gasteiger partial charge in [-0.05, 0) is 48.5 Å². The molecule has 33 heavy (non-hydrogen) atoms. The molecule has 0 saturated heterocycles. The van der Waals surface area contributed by atoms with Gasteiger partial charge in [-0.15, -0.1) is 0 Å². The molecule has 8 nitrogen and oxygen atoms in total. The van der Waals surface area contributed by atoms with Crippen LogP contribution in [-0.2, 0) is 16.2 Å². The first-order valence-corrected chi connectivity index (χ1v) is 11.4. The van der Waals surface area contributed by atoms with Crippen molar-refractivity contribution in [2.24, 2.45) is 0 Å². The first kappa shape index (κ1) is 24.3. The fourth-order valence-electron chi connectivity index (χ4n) is 3.03. The minimum atomic E-state index is -4.43. The summed E-state index contributed by atoms with van der Waals surface area (Å²) >= 11 is 0. The van der Waals surface area contributed by atoms with Crippen molar-refractivity contribution in [3.05, 3.63) is 60.4 Å². The van der Waals surface area contributed by atoms with Crippen molar-refractivity contribution >= 4 is 38.7 Å². The molecule has 3 aromatic rings. The van der Waals surface area contributed by atoms with Gasteiger partial charge in [0.2, 0.25) is 10.0 Å². The van der Waals surface area contributed by atoms with Crippen LogP contribution in [0.2, 0.25) is 0 Å². The Morgan fingerprint density at radius 3 is 1.76 bits per heavy atom. The number of aromatic nitrogens is 2. The molecule has 0 saturated carbocycles. The Hall–Kier alpha value is -3.38. The largest absolute Gasteiger partial charge is 0.416 e. The third-order valence-electron chi connectivity index (χ3n) is 4.82. The van der Waals surface area contributed by atoms with Crippen LogP contribution in [0.15, 0.2) is 59.8 Å². The molecule has 3 rings (SSSR count). The van der Waals surface area contributed by atoms with E-state index in [4.69, 9.17) is 5.73 Å². The van der Waals surface area contributed by atoms with Gasteiger partial charge in [-0.2, -0.15) is 17.5 Å². The van der Waals surface area contributed by atoms with Gasteiger partial charge in [0.05, 0.1) is 10.5 Å². The van der Waals surface area contributed by atoms with Crippen LogP contribution in [-0.4, -0.2) is 35.8 Å². The van der Waals surface area contributed by atoms with Crippen LogP contribution in [0.4, 0.5) is 41.9 Å². The number of sulfonamides is 1. The summed E-state index contributed by atoms with van der Waals surface area (Å²) in [5.74, 6) is 0.451. The number of halogens is 3. The highest BCUT2D eigenvalue weighted by Gasteiger charge is 2.30. The number of anilines is 5. The van der Waals surface area contributed by atoms with Crippen LogP contribution in [0.3, 0.4) is 0 Å². The summed E-state index contributed by atoms with van der Waals surface area (Å²) in [5.41, 5.74) is 6.40. The van der Waals surface area contributed by atoms with E-state index >= 15 is 0 Å². The molecule has 0 spiro atoms. The summed E-state index contributed by atoms with van der Waals surface area (Å²) in [7, 11) is -3.58. The molecule has 12 heteroatoms. The lowest BCUT2D eigenvalue weighted by atomic mass is 10.2. The zero-order valence-electron chi connectivity index (χ0n) is 17.9. The Bertz CT molecular complexity index is 1200. The Balaban J connectivity index is 1.77. The molecule has 4 N–H and O–H groups in total. The third kappa shape index (κ3) is 5.52. The van der Waals surface area contributed by atoms with E-state index in [9.17, 15) is 21.6 Å². The summed E-state index contributed by atoms with van der Waals surface area (Å²) in [6.07, 6.45) is -3.19. The van der Waals surface area contributed by atoms with E-state index in [0.29, 0.717) is 24.5 Å². The first-order valence-electron chi connectivity index (χ1n) is 9.98. The fourth-order valence-corrected chi connectivity index (χ4v) is 4.49. The number of rotatable bonds is 8. The number of alkyl halides is 3. The lowest BCUT2D eigenvalue weighted by molar-refractivity contribution is -0.137. The highest BCUT2D eigenvalue weighted by Crippen LogP contribution is 2.32. The predicted octanol–water partition coefficient (Wildman–Crippen LogP) is 4.60. The smallest absolute Gasteiger partial charge is 0.393 e. The lowest BCUT2D eigenvalue weighted by Gasteiger charge is -2.18. The molecule has 1 heterocycles. The second-order valence-corrected chi connectivity index (χ2v) is 8.86. The van der Waals surface area contributed by atoms with Gasteiger partial charge in [-0.3, -0.25) is 0 Å². The maximum atomic E-state index is 12.7. The highest BCUT2D eigenvalue weighted by molar-refractivity contribution is 7.89. The normalized spacial score (nSPS) is 12.1. The minimum Gasteiger partial charge on any atom is -0.393 e. The standard InChI is InChI=1S/C21H23F3N6O2S/c1-3-30(4-2)33(31,32)17-11-9-16(10-12-17)29-20-18(25)19(26-13-27-20)28-15-7-5-14(6-8-15)21(22,23)24/h5-13H,3-4,25H2,1-2H3,(H2,26,27,28,29). The Morgan fingerprint density at radius 1 is 0.879 bits per heavy atom. The van der Waals surface area contributed by atoms with Crippen LogP contribution in [0, 0.1) is 0 Å². The van der Waals surface area contributed by atoms with Crippen molar-refractivity contribution in [3.8, 4) is 0 Å². The second kappa shape index (κ2) is 9.63. The predicted molar refractivity (Wildman–Crippen MR) is 121 cm³/mol. The zero-order valence-corrected chi connectivity index (χ0v) is 18.7. The Labute approximate surface area is 189 Å². The van der Waals surface area contributed by atoms with Gasteiger partial charge in [0.1, 0.15) is 12.0 Å². The molecule has 1 aromatic heterocycles. The SMILES string of the molecule is CCN(CC)S(=O)(=O)c1ccc(Nc2ncnc(Nc3ccc(C(F)(F)F)cc3)c2N)cc1. The topological polar surface area (TPSA) is 113 Å². The summed E-state index contributed by atoms with van der Waals surface area (Å²) in [6.45, 7) is 4.27. The molecule has 0 aliphatic heterocycles. The summed E-state index contributed by atoms with van der Waals surface area (Å²) in [6, 6.07) is 10.6. The minimum absolute atomic E-state index is 0.136. The Kier molecular flexibility index (Phi) is 7.08. The van der Waals surface area contributed by atoms with Gasteiger partial charge >= 0.3 is 6.18 Å². The van der Waals surface area contributed by atoms with Crippen LogP contribution in [0.5, 0.6) is 0 Å². The van der Waals surface area contributed by atoms with Gasteiger partial charge in [0, 0.05) is 24.5 Å². The zero-order chi connectivity index (χ0) is 24.2. The van der Waals surface area contributed by atoms with E-state index in [1.165, 1.54) is 34.9 Å². The van der Waals surface area contributed by atoms with Gasteiger partial charge in [-0.1, -0.05) is 13.8 Å². The van der Waals surface area contributed by atoms with Gasteiger partial charge in [0.25, 0.3) is 0 Å². The lowest BCUT2D eigenvalue weighted by Crippen LogP contribution is -2.30. The fraction of sp³-hybridized carbons (Fsp3) is 0.238. The third-order valence-corrected chi connectivity index (χ3v) is 6.88. The van der Waals surface area contributed by atoms with E-state index < -0.39 is 21.8 Å². The van der Waals surface area contributed by atoms with Crippen molar-refractivity contribution in [1.29, 1.82) is 0 Å². The summed E-state index contributed by atoms with van der Waals surface area (Å²) in [5, 5.41) is 5.85. The summed E-state index contributed by atoms with van der Waals surface area (Å²) in [4.78, 5) is 8.29. The number of hydrogen-bond donors (Lipinski definition) is 3. The van der Waals surface area contributed by atoms with E-state index in [2.05, 4.69) is 20.6 Å². The molecule has 0 fully saturated rings. The average molecular weight is 481 g/mol. The Morgan fingerprint density at radius 2 is 1.33 bits per heavy atom. The molecule has 0 bridgehead atoms. The van der Waals surface area contributed by atoms with Crippen molar-refractivity contribution in [1.82, 2.24) is 14.3 Å². The van der Waals surface area contributed by atoms with E-state index in [0.717, 1.165) is 12.1 Å². The maximum Gasteiger partial charge on any atom is 0.416 e. The monoisotopic (exact) mass is 480 g/mol. The van der Waals surface area contributed by atoms with E-state index in [1.807, 2.05) is 0 Å². The molecule has 0 atom stereocenters. The first-order chi connectivity index (χ1) is 15.6. The van der Waals surface area contributed by atoms with Gasteiger partial charge < -0.3 is 16.4 Å². The maximum absolute atomic E-state index is 12.7.